The van der Waals surface area contributed by atoms with E-state index in [1.165, 1.54) is 11.3 Å². The van der Waals surface area contributed by atoms with Crippen LogP contribution in [0.5, 0.6) is 0 Å². The van der Waals surface area contributed by atoms with E-state index in [2.05, 4.69) is 23.6 Å². The highest BCUT2D eigenvalue weighted by Crippen LogP contribution is 2.31. The number of ether oxygens (including phenoxy) is 1. The molecular formula is C10H15NOS. The van der Waals surface area contributed by atoms with Gasteiger partial charge >= 0.3 is 0 Å². The minimum absolute atomic E-state index is 0.559. The van der Waals surface area contributed by atoms with Gasteiger partial charge in [-0.15, -0.1) is 0 Å². The van der Waals surface area contributed by atoms with Crippen LogP contribution in [0.4, 0.5) is 0 Å². The summed E-state index contributed by atoms with van der Waals surface area (Å²) in [6.07, 6.45) is 1.14. The van der Waals surface area contributed by atoms with Gasteiger partial charge in [-0.2, -0.15) is 4.37 Å². The zero-order chi connectivity index (χ0) is 9.26. The van der Waals surface area contributed by atoms with E-state index < -0.39 is 0 Å². The van der Waals surface area contributed by atoms with Gasteiger partial charge in [-0.25, -0.2) is 0 Å². The molecular weight excluding hydrogens is 182 g/mol. The molecule has 0 aliphatic carbocycles. The second-order valence-corrected chi connectivity index (χ2v) is 4.50. The Hall–Kier alpha value is -0.410. The third kappa shape index (κ3) is 1.76. The van der Waals surface area contributed by atoms with Crippen molar-refractivity contribution in [3.8, 4) is 0 Å². The van der Waals surface area contributed by atoms with Gasteiger partial charge in [0, 0.05) is 17.9 Å². The minimum atomic E-state index is 0.559. The van der Waals surface area contributed by atoms with Gasteiger partial charge < -0.3 is 4.74 Å². The number of hydrogen-bond donors (Lipinski definition) is 0. The first-order valence-electron chi connectivity index (χ1n) is 4.81. The Morgan fingerprint density at radius 3 is 3.08 bits per heavy atom. The average molecular weight is 197 g/mol. The molecule has 3 heteroatoms. The summed E-state index contributed by atoms with van der Waals surface area (Å²) in [6, 6.07) is 0. The first-order valence-corrected chi connectivity index (χ1v) is 5.64. The molecule has 1 fully saturated rings. The smallest absolute Gasteiger partial charge is 0.0631 e. The topological polar surface area (TPSA) is 22.1 Å². The molecule has 0 saturated carbocycles. The lowest BCUT2D eigenvalue weighted by molar-refractivity contribution is 0.193. The zero-order valence-electron chi connectivity index (χ0n) is 8.12. The second-order valence-electron chi connectivity index (χ2n) is 3.87. The monoisotopic (exact) mass is 197 g/mol. The summed E-state index contributed by atoms with van der Waals surface area (Å²) < 4.78 is 9.86. The maximum Gasteiger partial charge on any atom is 0.0631 e. The van der Waals surface area contributed by atoms with Crippen molar-refractivity contribution in [2.75, 3.05) is 13.2 Å². The quantitative estimate of drug-likeness (QED) is 0.727. The lowest BCUT2D eigenvalue weighted by Crippen LogP contribution is -2.02. The molecule has 13 heavy (non-hydrogen) atoms. The normalized spacial score (nSPS) is 22.8. The molecule has 1 aromatic heterocycles. The Morgan fingerprint density at radius 1 is 1.62 bits per heavy atom. The highest BCUT2D eigenvalue weighted by atomic mass is 32.1. The summed E-state index contributed by atoms with van der Waals surface area (Å²) in [5.41, 5.74) is 2.71. The van der Waals surface area contributed by atoms with Crippen molar-refractivity contribution >= 4 is 11.5 Å². The molecule has 2 rings (SSSR count). The van der Waals surface area contributed by atoms with Crippen LogP contribution < -0.4 is 0 Å². The van der Waals surface area contributed by atoms with Crippen molar-refractivity contribution in [1.29, 1.82) is 0 Å². The molecule has 0 radical (unpaired) electrons. The fourth-order valence-electron chi connectivity index (χ4n) is 1.75. The van der Waals surface area contributed by atoms with Crippen molar-refractivity contribution in [1.82, 2.24) is 4.37 Å². The molecule has 1 unspecified atom stereocenters. The van der Waals surface area contributed by atoms with E-state index in [4.69, 9.17) is 4.74 Å². The Morgan fingerprint density at radius 2 is 2.46 bits per heavy atom. The maximum absolute atomic E-state index is 5.38. The molecule has 72 valence electrons. The first-order chi connectivity index (χ1) is 6.29. The SMILES string of the molecule is CC(C)c1csnc1C1CCOC1. The lowest BCUT2D eigenvalue weighted by atomic mass is 9.95. The fourth-order valence-corrected chi connectivity index (χ4v) is 2.67. The first kappa shape index (κ1) is 9.16. The molecule has 0 spiro atoms. The standard InChI is InChI=1S/C10H15NOS/c1-7(2)9-6-13-11-10(9)8-3-4-12-5-8/h6-8H,3-5H2,1-2H3. The van der Waals surface area contributed by atoms with Gasteiger partial charge in [0.05, 0.1) is 12.3 Å². The number of aromatic nitrogens is 1. The molecule has 1 aromatic rings. The molecule has 1 aliphatic heterocycles. The fraction of sp³-hybridized carbons (Fsp3) is 0.700. The predicted octanol–water partition coefficient (Wildman–Crippen LogP) is 2.77. The highest BCUT2D eigenvalue weighted by Gasteiger charge is 2.23. The Labute approximate surface area is 83.1 Å². The van der Waals surface area contributed by atoms with E-state index in [1.807, 2.05) is 0 Å². The van der Waals surface area contributed by atoms with E-state index in [-0.39, 0.29) is 0 Å². The Balaban J connectivity index is 2.23. The molecule has 0 bridgehead atoms. The molecule has 1 aliphatic rings. The second kappa shape index (κ2) is 3.76. The van der Waals surface area contributed by atoms with Crippen LogP contribution >= 0.6 is 11.5 Å². The van der Waals surface area contributed by atoms with Gasteiger partial charge in [0.1, 0.15) is 0 Å². The molecule has 2 heterocycles. The molecule has 1 saturated heterocycles. The van der Waals surface area contributed by atoms with Crippen molar-refractivity contribution in [2.45, 2.75) is 32.1 Å². The lowest BCUT2D eigenvalue weighted by Gasteiger charge is -2.09. The largest absolute Gasteiger partial charge is 0.381 e. The number of nitrogens with zero attached hydrogens (tertiary/aromatic N) is 1. The molecule has 2 nitrogen and oxygen atoms in total. The molecule has 0 amide bonds. The van der Waals surface area contributed by atoms with E-state index >= 15 is 0 Å². The summed E-state index contributed by atoms with van der Waals surface area (Å²) in [7, 11) is 0. The van der Waals surface area contributed by atoms with Crippen molar-refractivity contribution in [3.63, 3.8) is 0 Å². The van der Waals surface area contributed by atoms with Crippen LogP contribution in [-0.4, -0.2) is 17.6 Å². The third-order valence-electron chi connectivity index (χ3n) is 2.56. The number of rotatable bonds is 2. The average Bonchev–Trinajstić information content (AvgIpc) is 2.74. The van der Waals surface area contributed by atoms with Crippen LogP contribution in [0.25, 0.3) is 0 Å². The van der Waals surface area contributed by atoms with Gasteiger partial charge in [0.2, 0.25) is 0 Å². The van der Waals surface area contributed by atoms with Gasteiger partial charge in [0.25, 0.3) is 0 Å². The van der Waals surface area contributed by atoms with Gasteiger partial charge in [0.15, 0.2) is 0 Å². The zero-order valence-corrected chi connectivity index (χ0v) is 8.93. The summed E-state index contributed by atoms with van der Waals surface area (Å²) in [5.74, 6) is 1.15. The van der Waals surface area contributed by atoms with Crippen LogP contribution in [0.2, 0.25) is 0 Å². The van der Waals surface area contributed by atoms with Crippen LogP contribution in [0.1, 0.15) is 43.4 Å². The summed E-state index contributed by atoms with van der Waals surface area (Å²) in [4.78, 5) is 0. The summed E-state index contributed by atoms with van der Waals surface area (Å²) >= 11 is 1.58. The minimum Gasteiger partial charge on any atom is -0.381 e. The summed E-state index contributed by atoms with van der Waals surface area (Å²) in [5, 5.41) is 2.18. The van der Waals surface area contributed by atoms with Gasteiger partial charge in [-0.3, -0.25) is 0 Å². The maximum atomic E-state index is 5.38. The Bertz CT molecular complexity index is 276. The number of hydrogen-bond acceptors (Lipinski definition) is 3. The van der Waals surface area contributed by atoms with Crippen LogP contribution in [0, 0.1) is 0 Å². The molecule has 0 N–H and O–H groups in total. The van der Waals surface area contributed by atoms with Crippen LogP contribution in [-0.2, 0) is 4.74 Å². The molecule has 0 aromatic carbocycles. The third-order valence-corrected chi connectivity index (χ3v) is 3.23. The van der Waals surface area contributed by atoms with Crippen LogP contribution in [0.15, 0.2) is 5.38 Å². The summed E-state index contributed by atoms with van der Waals surface area (Å²) in [6.45, 7) is 6.22. The van der Waals surface area contributed by atoms with E-state index in [1.54, 1.807) is 11.5 Å². The van der Waals surface area contributed by atoms with Crippen molar-refractivity contribution in [3.05, 3.63) is 16.6 Å². The van der Waals surface area contributed by atoms with Crippen molar-refractivity contribution < 1.29 is 4.74 Å². The Kier molecular flexibility index (Phi) is 2.65. The van der Waals surface area contributed by atoms with Gasteiger partial charge in [-0.05, 0) is 29.4 Å². The predicted molar refractivity (Wildman–Crippen MR) is 54.4 cm³/mol. The molecule has 1 atom stereocenters. The van der Waals surface area contributed by atoms with E-state index in [0.717, 1.165) is 19.6 Å². The van der Waals surface area contributed by atoms with Gasteiger partial charge in [-0.1, -0.05) is 13.8 Å². The van der Waals surface area contributed by atoms with E-state index in [9.17, 15) is 0 Å². The van der Waals surface area contributed by atoms with E-state index in [0.29, 0.717) is 11.8 Å². The van der Waals surface area contributed by atoms with Crippen LogP contribution in [0.3, 0.4) is 0 Å². The highest BCUT2D eigenvalue weighted by molar-refractivity contribution is 7.03. The van der Waals surface area contributed by atoms with Crippen molar-refractivity contribution in [2.24, 2.45) is 0 Å².